The van der Waals surface area contributed by atoms with E-state index in [1.54, 1.807) is 24.3 Å². The fourth-order valence-corrected chi connectivity index (χ4v) is 5.23. The fraction of sp³-hybridized carbons (Fsp3) is 0.250. The first-order chi connectivity index (χ1) is 15.9. The molecule has 2 unspecified atom stereocenters. The van der Waals surface area contributed by atoms with Crippen LogP contribution in [0.5, 0.6) is 0 Å². The highest BCUT2D eigenvalue weighted by Crippen LogP contribution is 2.46. The average molecular weight is 497 g/mol. The number of halogens is 3. The number of anilines is 1. The second-order valence-corrected chi connectivity index (χ2v) is 9.52. The van der Waals surface area contributed by atoms with Gasteiger partial charge in [0.2, 0.25) is 0 Å². The van der Waals surface area contributed by atoms with E-state index in [4.69, 9.17) is 11.6 Å². The van der Waals surface area contributed by atoms with Crippen molar-refractivity contribution in [3.8, 4) is 0 Å². The lowest BCUT2D eigenvalue weighted by Crippen LogP contribution is -2.47. The van der Waals surface area contributed by atoms with Gasteiger partial charge in [-0.15, -0.1) is 12.4 Å². The summed E-state index contributed by atoms with van der Waals surface area (Å²) in [7, 11) is 2.14. The van der Waals surface area contributed by atoms with Crippen molar-refractivity contribution in [3.63, 3.8) is 0 Å². The number of rotatable bonds is 3. The number of nitrogens with zero attached hydrogens (tertiary/aromatic N) is 2. The number of piperidine rings is 1. The van der Waals surface area contributed by atoms with Crippen LogP contribution >= 0.6 is 24.0 Å². The molecule has 176 valence electrons. The van der Waals surface area contributed by atoms with E-state index < -0.39 is 0 Å². The molecular weight excluding hydrogens is 470 g/mol. The second-order valence-electron chi connectivity index (χ2n) is 9.08. The van der Waals surface area contributed by atoms with Gasteiger partial charge in [0.05, 0.1) is 0 Å². The van der Waals surface area contributed by atoms with E-state index >= 15 is 0 Å². The minimum Gasteiger partial charge on any atom is -0.306 e. The van der Waals surface area contributed by atoms with Crippen LogP contribution in [0.1, 0.15) is 34.6 Å². The summed E-state index contributed by atoms with van der Waals surface area (Å²) in [6.07, 6.45) is 2.79. The maximum absolute atomic E-state index is 14.2. The van der Waals surface area contributed by atoms with E-state index in [1.807, 2.05) is 23.1 Å². The van der Waals surface area contributed by atoms with Gasteiger partial charge in [-0.2, -0.15) is 0 Å². The van der Waals surface area contributed by atoms with Crippen molar-refractivity contribution in [1.29, 1.82) is 0 Å². The highest BCUT2D eigenvalue weighted by Gasteiger charge is 2.44. The summed E-state index contributed by atoms with van der Waals surface area (Å²) >= 11 is 6.06. The van der Waals surface area contributed by atoms with Crippen LogP contribution in [0.3, 0.4) is 0 Å². The SMILES string of the molecule is Cc1ccc2c(c1)C1CN(C)CCC1N2C(=O)C(=Cc1ccc(Cl)cc1)c1ccc(F)cc1.Cl. The standard InChI is InChI=1S/C28H26ClFN2O.ClH/c1-18-3-12-26-24(15-18)25-17-31(2)14-13-27(25)32(26)28(33)23(20-6-10-22(30)11-7-20)16-19-4-8-21(29)9-5-19;/h3-12,15-16,25,27H,13-14,17H2,1-2H3;1H. The average Bonchev–Trinajstić information content (AvgIpc) is 3.12. The molecule has 3 nitrogen and oxygen atoms in total. The predicted molar refractivity (Wildman–Crippen MR) is 140 cm³/mol. The molecule has 3 aromatic rings. The third kappa shape index (κ3) is 4.63. The molecule has 1 fully saturated rings. The summed E-state index contributed by atoms with van der Waals surface area (Å²) in [6, 6.07) is 20.0. The fourth-order valence-electron chi connectivity index (χ4n) is 5.10. The van der Waals surface area contributed by atoms with Crippen molar-refractivity contribution in [3.05, 3.63) is 99.8 Å². The van der Waals surface area contributed by atoms with Crippen molar-refractivity contribution in [2.45, 2.75) is 25.3 Å². The summed E-state index contributed by atoms with van der Waals surface area (Å²) in [5.74, 6) is -0.0965. The third-order valence-corrected chi connectivity index (χ3v) is 6.99. The number of carbonyl (C=O) groups is 1. The normalized spacial score (nSPS) is 19.9. The van der Waals surface area contributed by atoms with E-state index in [0.717, 1.165) is 30.8 Å². The lowest BCUT2D eigenvalue weighted by molar-refractivity contribution is -0.113. The first-order valence-electron chi connectivity index (χ1n) is 11.3. The molecule has 6 heteroatoms. The smallest absolute Gasteiger partial charge is 0.259 e. The number of hydrogen-bond donors (Lipinski definition) is 0. The van der Waals surface area contributed by atoms with Gasteiger partial charge in [-0.1, -0.05) is 53.6 Å². The zero-order valence-electron chi connectivity index (χ0n) is 19.2. The molecule has 34 heavy (non-hydrogen) atoms. The van der Waals surface area contributed by atoms with E-state index in [1.165, 1.54) is 23.3 Å². The predicted octanol–water partition coefficient (Wildman–Crippen LogP) is 6.58. The molecule has 0 aromatic heterocycles. The number of likely N-dealkylation sites (tertiary alicyclic amines) is 1. The van der Waals surface area contributed by atoms with Gasteiger partial charge in [-0.05, 0) is 80.0 Å². The molecule has 0 saturated carbocycles. The molecule has 0 bridgehead atoms. The summed E-state index contributed by atoms with van der Waals surface area (Å²) < 4.78 is 13.7. The molecule has 3 aromatic carbocycles. The van der Waals surface area contributed by atoms with Crippen LogP contribution in [0.25, 0.3) is 11.6 Å². The van der Waals surface area contributed by atoms with Gasteiger partial charge in [0.25, 0.3) is 5.91 Å². The minimum atomic E-state index is -0.325. The van der Waals surface area contributed by atoms with Gasteiger partial charge in [0.1, 0.15) is 5.82 Å². The summed E-state index contributed by atoms with van der Waals surface area (Å²) in [6.45, 7) is 3.97. The lowest BCUT2D eigenvalue weighted by Gasteiger charge is -2.36. The molecule has 2 atom stereocenters. The summed E-state index contributed by atoms with van der Waals surface area (Å²) in [5, 5.41) is 0.639. The molecule has 0 aliphatic carbocycles. The Balaban J connectivity index is 0.00000274. The molecule has 2 heterocycles. The Morgan fingerprint density at radius 2 is 1.76 bits per heavy atom. The Labute approximate surface area is 211 Å². The number of carbonyl (C=O) groups excluding carboxylic acids is 1. The van der Waals surface area contributed by atoms with Gasteiger partial charge in [-0.3, -0.25) is 4.79 Å². The van der Waals surface area contributed by atoms with Crippen molar-refractivity contribution in [2.24, 2.45) is 0 Å². The van der Waals surface area contributed by atoms with Gasteiger partial charge >= 0.3 is 0 Å². The van der Waals surface area contributed by atoms with E-state index in [0.29, 0.717) is 16.2 Å². The topological polar surface area (TPSA) is 23.6 Å². The Bertz CT molecular complexity index is 1220. The molecule has 0 radical (unpaired) electrons. The minimum absolute atomic E-state index is 0. The van der Waals surface area contributed by atoms with Crippen LogP contribution in [0.15, 0.2) is 66.7 Å². The molecule has 1 amide bonds. The monoisotopic (exact) mass is 496 g/mol. The molecule has 1 saturated heterocycles. The summed E-state index contributed by atoms with van der Waals surface area (Å²) in [5.41, 5.74) is 5.54. The van der Waals surface area contributed by atoms with Crippen LogP contribution in [-0.4, -0.2) is 37.0 Å². The second kappa shape index (κ2) is 9.91. The molecule has 0 N–H and O–H groups in total. The van der Waals surface area contributed by atoms with Crippen molar-refractivity contribution >= 4 is 47.3 Å². The number of amides is 1. The van der Waals surface area contributed by atoms with Crippen LogP contribution in [0.4, 0.5) is 10.1 Å². The number of aryl methyl sites for hydroxylation is 1. The Morgan fingerprint density at radius 3 is 2.47 bits per heavy atom. The lowest BCUT2D eigenvalue weighted by atomic mass is 9.88. The van der Waals surface area contributed by atoms with Gasteiger partial charge in [0.15, 0.2) is 0 Å². The van der Waals surface area contributed by atoms with E-state index in [2.05, 4.69) is 37.1 Å². The molecule has 2 aliphatic rings. The maximum Gasteiger partial charge on any atom is 0.259 e. The van der Waals surface area contributed by atoms with Gasteiger partial charge in [0, 0.05) is 34.8 Å². The Hall–Kier alpha value is -2.66. The van der Waals surface area contributed by atoms with Crippen LogP contribution in [0.2, 0.25) is 5.02 Å². The highest BCUT2D eigenvalue weighted by atomic mass is 35.5. The maximum atomic E-state index is 14.2. The molecule has 5 rings (SSSR count). The number of benzene rings is 3. The number of fused-ring (bicyclic) bond motifs is 3. The number of hydrogen-bond acceptors (Lipinski definition) is 2. The van der Waals surface area contributed by atoms with Crippen LogP contribution in [0, 0.1) is 12.7 Å². The van der Waals surface area contributed by atoms with Crippen molar-refractivity contribution in [1.82, 2.24) is 4.90 Å². The van der Waals surface area contributed by atoms with Crippen molar-refractivity contribution in [2.75, 3.05) is 25.0 Å². The highest BCUT2D eigenvalue weighted by molar-refractivity contribution is 6.31. The Kier molecular flexibility index (Phi) is 7.13. The zero-order chi connectivity index (χ0) is 23.1. The van der Waals surface area contributed by atoms with Crippen LogP contribution < -0.4 is 4.90 Å². The first kappa shape index (κ1) is 24.5. The largest absolute Gasteiger partial charge is 0.306 e. The number of likely N-dealkylation sites (N-methyl/N-ethyl adjacent to an activating group) is 1. The first-order valence-corrected chi connectivity index (χ1v) is 11.6. The van der Waals surface area contributed by atoms with E-state index in [-0.39, 0.29) is 36.1 Å². The Morgan fingerprint density at radius 1 is 1.06 bits per heavy atom. The molecule has 0 spiro atoms. The third-order valence-electron chi connectivity index (χ3n) is 6.74. The van der Waals surface area contributed by atoms with Crippen LogP contribution in [-0.2, 0) is 4.79 Å². The quantitative estimate of drug-likeness (QED) is 0.301. The van der Waals surface area contributed by atoms with Gasteiger partial charge < -0.3 is 9.80 Å². The van der Waals surface area contributed by atoms with Crippen molar-refractivity contribution < 1.29 is 9.18 Å². The summed E-state index contributed by atoms with van der Waals surface area (Å²) in [4.78, 5) is 18.5. The zero-order valence-corrected chi connectivity index (χ0v) is 20.7. The van der Waals surface area contributed by atoms with Gasteiger partial charge in [-0.25, -0.2) is 4.39 Å². The molecular formula is C28H27Cl2FN2O. The van der Waals surface area contributed by atoms with E-state index in [9.17, 15) is 9.18 Å². The molecule has 2 aliphatic heterocycles.